The summed E-state index contributed by atoms with van der Waals surface area (Å²) in [6.45, 7) is 0.179. The van der Waals surface area contributed by atoms with E-state index in [2.05, 4.69) is 10.3 Å². The zero-order valence-electron chi connectivity index (χ0n) is 14.1. The fourth-order valence-electron chi connectivity index (χ4n) is 2.28. The highest BCUT2D eigenvalue weighted by Gasteiger charge is 2.21. The Morgan fingerprint density at radius 2 is 2.04 bits per heavy atom. The normalized spacial score (nSPS) is 15.0. The fraction of sp³-hybridized carbons (Fsp3) is 0.278. The maximum Gasteiger partial charge on any atom is 0.340 e. The molecule has 1 atom stereocenters. The molecular weight excluding hydrogens is 340 g/mol. The molecule has 1 amide bonds. The Balaban J connectivity index is 1.41. The molecule has 8 heteroatoms. The largest absolute Gasteiger partial charge is 0.486 e. The molecule has 0 spiro atoms. The highest BCUT2D eigenvalue weighted by atomic mass is 16.6. The molecule has 0 saturated heterocycles. The molecule has 1 N–H and O–H groups in total. The number of rotatable bonds is 6. The van der Waals surface area contributed by atoms with E-state index in [9.17, 15) is 9.59 Å². The summed E-state index contributed by atoms with van der Waals surface area (Å²) in [7, 11) is 1.48. The Hall–Kier alpha value is -3.29. The number of nitrogens with zero attached hydrogens (tertiary/aromatic N) is 1. The monoisotopic (exact) mass is 358 g/mol. The fourth-order valence-corrected chi connectivity index (χ4v) is 2.28. The molecule has 0 radical (unpaired) electrons. The summed E-state index contributed by atoms with van der Waals surface area (Å²) in [5.41, 5.74) is 0.235. The number of amides is 1. The molecule has 8 nitrogen and oxygen atoms in total. The van der Waals surface area contributed by atoms with Gasteiger partial charge in [0, 0.05) is 12.3 Å². The van der Waals surface area contributed by atoms with Gasteiger partial charge in [0.1, 0.15) is 12.7 Å². The predicted octanol–water partition coefficient (Wildman–Crippen LogP) is 1.20. The van der Waals surface area contributed by atoms with Crippen LogP contribution in [-0.2, 0) is 9.53 Å². The van der Waals surface area contributed by atoms with Crippen LogP contribution in [0.25, 0.3) is 0 Å². The van der Waals surface area contributed by atoms with Crippen LogP contribution < -0.4 is 19.5 Å². The molecule has 26 heavy (non-hydrogen) atoms. The molecule has 0 unspecified atom stereocenters. The first kappa shape index (κ1) is 17.5. The third-order valence-electron chi connectivity index (χ3n) is 3.61. The summed E-state index contributed by atoms with van der Waals surface area (Å²) in [5, 5.41) is 2.65. The van der Waals surface area contributed by atoms with Crippen molar-refractivity contribution < 1.29 is 28.5 Å². The van der Waals surface area contributed by atoms with Crippen LogP contribution in [0.5, 0.6) is 17.4 Å². The van der Waals surface area contributed by atoms with Gasteiger partial charge >= 0.3 is 5.97 Å². The maximum atomic E-state index is 11.9. The highest BCUT2D eigenvalue weighted by molar-refractivity contribution is 5.91. The van der Waals surface area contributed by atoms with Crippen LogP contribution in [0.2, 0.25) is 0 Å². The third-order valence-corrected chi connectivity index (χ3v) is 3.61. The van der Waals surface area contributed by atoms with Crippen molar-refractivity contribution in [1.29, 1.82) is 0 Å². The minimum Gasteiger partial charge on any atom is -0.486 e. The van der Waals surface area contributed by atoms with Crippen molar-refractivity contribution in [1.82, 2.24) is 10.3 Å². The van der Waals surface area contributed by atoms with Gasteiger partial charge in [-0.2, -0.15) is 0 Å². The van der Waals surface area contributed by atoms with E-state index in [1.807, 2.05) is 18.2 Å². The first-order valence-corrected chi connectivity index (χ1v) is 7.98. The second-order valence-electron chi connectivity index (χ2n) is 5.47. The number of nitrogens with one attached hydrogen (secondary N) is 1. The van der Waals surface area contributed by atoms with Gasteiger partial charge in [-0.05, 0) is 18.2 Å². The topological polar surface area (TPSA) is 96.0 Å². The molecule has 0 fully saturated rings. The third kappa shape index (κ3) is 4.41. The van der Waals surface area contributed by atoms with Crippen molar-refractivity contribution in [3.63, 3.8) is 0 Å². The molecule has 0 aliphatic carbocycles. The van der Waals surface area contributed by atoms with E-state index in [1.54, 1.807) is 6.07 Å². The molecule has 2 aromatic rings. The van der Waals surface area contributed by atoms with E-state index in [-0.39, 0.29) is 18.2 Å². The standard InChI is InChI=1S/C18H18N2O6/c1-23-17-7-6-12(8-20-17)18(22)25-11-16(21)19-9-13-10-24-14-4-2-3-5-15(14)26-13/h2-8,13H,9-11H2,1H3,(H,19,21)/t13-/m1/s1. The lowest BCUT2D eigenvalue weighted by molar-refractivity contribution is -0.124. The van der Waals surface area contributed by atoms with E-state index >= 15 is 0 Å². The number of hydrogen-bond acceptors (Lipinski definition) is 7. The molecule has 3 rings (SSSR count). The lowest BCUT2D eigenvalue weighted by Crippen LogP contribution is -2.42. The van der Waals surface area contributed by atoms with Crippen molar-refractivity contribution in [2.45, 2.75) is 6.10 Å². The predicted molar refractivity (Wildman–Crippen MR) is 90.4 cm³/mol. The SMILES string of the molecule is COc1ccc(C(=O)OCC(=O)NC[C@@H]2COc3ccccc3O2)cn1. The van der Waals surface area contributed by atoms with Crippen molar-refractivity contribution >= 4 is 11.9 Å². The van der Waals surface area contributed by atoms with Crippen LogP contribution in [0, 0.1) is 0 Å². The first-order chi connectivity index (χ1) is 12.7. The van der Waals surface area contributed by atoms with Crippen LogP contribution in [-0.4, -0.2) is 49.8 Å². The molecule has 2 heterocycles. The van der Waals surface area contributed by atoms with Crippen molar-refractivity contribution in [2.24, 2.45) is 0 Å². The van der Waals surface area contributed by atoms with Crippen LogP contribution in [0.1, 0.15) is 10.4 Å². The lowest BCUT2D eigenvalue weighted by Gasteiger charge is -2.26. The van der Waals surface area contributed by atoms with E-state index in [4.69, 9.17) is 18.9 Å². The average molecular weight is 358 g/mol. The van der Waals surface area contributed by atoms with E-state index < -0.39 is 18.5 Å². The van der Waals surface area contributed by atoms with E-state index in [1.165, 1.54) is 25.4 Å². The molecule has 1 aliphatic rings. The minimum absolute atomic E-state index is 0.235. The summed E-state index contributed by atoms with van der Waals surface area (Å²) in [6, 6.07) is 10.4. The number of benzene rings is 1. The smallest absolute Gasteiger partial charge is 0.340 e. The molecule has 136 valence electrons. The van der Waals surface area contributed by atoms with Crippen molar-refractivity contribution in [2.75, 3.05) is 26.9 Å². The number of fused-ring (bicyclic) bond motifs is 1. The minimum atomic E-state index is -0.638. The summed E-state index contributed by atoms with van der Waals surface area (Å²) in [5.74, 6) is 0.632. The number of hydrogen-bond donors (Lipinski definition) is 1. The molecule has 1 aliphatic heterocycles. The van der Waals surface area contributed by atoms with Crippen LogP contribution >= 0.6 is 0 Å². The molecule has 1 aromatic heterocycles. The van der Waals surface area contributed by atoms with Gasteiger partial charge in [-0.25, -0.2) is 9.78 Å². The number of pyridine rings is 1. The Kier molecular flexibility index (Phi) is 5.52. The van der Waals surface area contributed by atoms with E-state index in [0.717, 1.165) is 0 Å². The lowest BCUT2D eigenvalue weighted by atomic mass is 10.2. The first-order valence-electron chi connectivity index (χ1n) is 7.98. The van der Waals surface area contributed by atoms with Gasteiger partial charge in [0.2, 0.25) is 5.88 Å². The van der Waals surface area contributed by atoms with Gasteiger partial charge < -0.3 is 24.3 Å². The highest BCUT2D eigenvalue weighted by Crippen LogP contribution is 2.30. The van der Waals surface area contributed by atoms with Gasteiger partial charge in [-0.15, -0.1) is 0 Å². The summed E-state index contributed by atoms with van der Waals surface area (Å²) in [4.78, 5) is 27.6. The molecule has 0 saturated carbocycles. The Labute approximate surface area is 150 Å². The quantitative estimate of drug-likeness (QED) is 0.775. The second kappa shape index (κ2) is 8.19. The summed E-state index contributed by atoms with van der Waals surface area (Å²) in [6.07, 6.45) is 1.01. The number of para-hydroxylation sites is 2. The van der Waals surface area contributed by atoms with Crippen molar-refractivity contribution in [3.05, 3.63) is 48.2 Å². The zero-order valence-corrected chi connectivity index (χ0v) is 14.1. The number of esters is 1. The summed E-state index contributed by atoms with van der Waals surface area (Å²) < 4.78 is 21.2. The van der Waals surface area contributed by atoms with Crippen LogP contribution in [0.3, 0.4) is 0 Å². The number of ether oxygens (including phenoxy) is 4. The Morgan fingerprint density at radius 1 is 1.23 bits per heavy atom. The second-order valence-corrected chi connectivity index (χ2v) is 5.47. The maximum absolute atomic E-state index is 11.9. The number of carbonyl (C=O) groups excluding carboxylic acids is 2. The summed E-state index contributed by atoms with van der Waals surface area (Å²) >= 11 is 0. The Bertz CT molecular complexity index is 778. The number of methoxy groups -OCH3 is 1. The van der Waals surface area contributed by atoms with E-state index in [0.29, 0.717) is 24.0 Å². The number of carbonyl (C=O) groups is 2. The van der Waals surface area contributed by atoms with Crippen LogP contribution in [0.4, 0.5) is 0 Å². The number of aromatic nitrogens is 1. The molecule has 1 aromatic carbocycles. The van der Waals surface area contributed by atoms with Gasteiger partial charge in [0.15, 0.2) is 18.1 Å². The van der Waals surface area contributed by atoms with Crippen molar-refractivity contribution in [3.8, 4) is 17.4 Å². The molecule has 0 bridgehead atoms. The van der Waals surface area contributed by atoms with Gasteiger partial charge in [0.25, 0.3) is 5.91 Å². The van der Waals surface area contributed by atoms with Gasteiger partial charge in [-0.1, -0.05) is 12.1 Å². The van der Waals surface area contributed by atoms with Gasteiger partial charge in [0.05, 0.1) is 19.2 Å². The van der Waals surface area contributed by atoms with Crippen LogP contribution in [0.15, 0.2) is 42.6 Å². The average Bonchev–Trinajstić information content (AvgIpc) is 2.70. The Morgan fingerprint density at radius 3 is 2.77 bits per heavy atom. The zero-order chi connectivity index (χ0) is 18.4. The molecular formula is C18H18N2O6. The van der Waals surface area contributed by atoms with Gasteiger partial charge in [-0.3, -0.25) is 4.79 Å².